The third-order valence-corrected chi connectivity index (χ3v) is 5.03. The van der Waals surface area contributed by atoms with Gasteiger partial charge in [-0.15, -0.1) is 0 Å². The van der Waals surface area contributed by atoms with E-state index < -0.39 is 0 Å². The van der Waals surface area contributed by atoms with E-state index in [2.05, 4.69) is 5.32 Å². The van der Waals surface area contributed by atoms with Crippen LogP contribution in [0.15, 0.2) is 48.5 Å². The van der Waals surface area contributed by atoms with Gasteiger partial charge in [0.25, 0.3) is 5.91 Å². The number of halogens is 1. The van der Waals surface area contributed by atoms with Gasteiger partial charge in [-0.3, -0.25) is 4.79 Å². The second-order valence-electron chi connectivity index (χ2n) is 7.10. The first-order valence-electron chi connectivity index (χ1n) is 9.43. The normalized spacial score (nSPS) is 19.1. The van der Waals surface area contributed by atoms with Crippen molar-refractivity contribution in [2.45, 2.75) is 6.54 Å². The molecule has 1 aliphatic rings. The summed E-state index contributed by atoms with van der Waals surface area (Å²) < 4.78 is 17.6. The summed E-state index contributed by atoms with van der Waals surface area (Å²) in [6.45, 7) is 5.13. The van der Waals surface area contributed by atoms with Crippen LogP contribution < -0.4 is 15.1 Å². The standard InChI is InChI=1S/C21H24FN3O3/c1-28-21(27)17-4-2-16(3-5-17)14-24-10-12-25(13-11-24)15-20(26)23-19-8-6-18(22)7-9-19/h2-9H,10-15H2,1H3,(H,23,26)/p+2. The largest absolute Gasteiger partial charge is 0.465 e. The summed E-state index contributed by atoms with van der Waals surface area (Å²) in [5, 5.41) is 2.82. The zero-order chi connectivity index (χ0) is 19.9. The quantitative estimate of drug-likeness (QED) is 0.588. The van der Waals surface area contributed by atoms with Crippen LogP contribution in [0.4, 0.5) is 10.1 Å². The Balaban J connectivity index is 1.42. The van der Waals surface area contributed by atoms with E-state index in [9.17, 15) is 14.0 Å². The van der Waals surface area contributed by atoms with Crippen molar-refractivity contribution in [2.24, 2.45) is 0 Å². The Morgan fingerprint density at radius 3 is 2.18 bits per heavy atom. The van der Waals surface area contributed by atoms with Crippen molar-refractivity contribution in [1.29, 1.82) is 0 Å². The van der Waals surface area contributed by atoms with Crippen molar-refractivity contribution in [1.82, 2.24) is 0 Å². The van der Waals surface area contributed by atoms with Gasteiger partial charge < -0.3 is 19.9 Å². The Labute approximate surface area is 163 Å². The molecule has 3 N–H and O–H groups in total. The van der Waals surface area contributed by atoms with Crippen LogP contribution in [-0.4, -0.2) is 51.7 Å². The van der Waals surface area contributed by atoms with Crippen molar-refractivity contribution in [2.75, 3.05) is 45.2 Å². The van der Waals surface area contributed by atoms with Crippen LogP contribution in [0.2, 0.25) is 0 Å². The van der Waals surface area contributed by atoms with Crippen molar-refractivity contribution in [3.8, 4) is 0 Å². The van der Waals surface area contributed by atoms with E-state index in [1.807, 2.05) is 12.1 Å². The van der Waals surface area contributed by atoms with Gasteiger partial charge in [0, 0.05) is 11.3 Å². The van der Waals surface area contributed by atoms with E-state index in [0.29, 0.717) is 17.8 Å². The van der Waals surface area contributed by atoms with Crippen LogP contribution >= 0.6 is 0 Å². The highest BCUT2D eigenvalue weighted by Gasteiger charge is 2.25. The van der Waals surface area contributed by atoms with Crippen LogP contribution in [0, 0.1) is 5.82 Å². The molecule has 3 rings (SSSR count). The fourth-order valence-electron chi connectivity index (χ4n) is 3.44. The molecule has 1 aliphatic heterocycles. The highest BCUT2D eigenvalue weighted by atomic mass is 19.1. The van der Waals surface area contributed by atoms with E-state index >= 15 is 0 Å². The predicted molar refractivity (Wildman–Crippen MR) is 103 cm³/mol. The number of hydrogen-bond donors (Lipinski definition) is 3. The number of nitrogens with one attached hydrogen (secondary N) is 3. The molecular formula is C21H26FN3O3+2. The Kier molecular flexibility index (Phi) is 6.73. The molecule has 1 heterocycles. The lowest BCUT2D eigenvalue weighted by Gasteiger charge is -2.29. The smallest absolute Gasteiger partial charge is 0.337 e. The number of ether oxygens (including phenoxy) is 1. The first-order valence-corrected chi connectivity index (χ1v) is 9.43. The van der Waals surface area contributed by atoms with Gasteiger partial charge in [0.2, 0.25) is 0 Å². The van der Waals surface area contributed by atoms with E-state index in [-0.39, 0.29) is 17.7 Å². The van der Waals surface area contributed by atoms with Gasteiger partial charge in [0.05, 0.1) is 12.7 Å². The summed E-state index contributed by atoms with van der Waals surface area (Å²) in [5.74, 6) is -0.693. The number of methoxy groups -OCH3 is 1. The van der Waals surface area contributed by atoms with E-state index in [4.69, 9.17) is 4.74 Å². The highest BCUT2D eigenvalue weighted by molar-refractivity contribution is 5.91. The predicted octanol–water partition coefficient (Wildman–Crippen LogP) is -0.466. The Bertz CT molecular complexity index is 801. The summed E-state index contributed by atoms with van der Waals surface area (Å²) in [4.78, 5) is 26.4. The minimum Gasteiger partial charge on any atom is -0.465 e. The Morgan fingerprint density at radius 1 is 0.964 bits per heavy atom. The number of carbonyl (C=O) groups excluding carboxylic acids is 2. The van der Waals surface area contributed by atoms with Gasteiger partial charge >= 0.3 is 5.97 Å². The average Bonchev–Trinajstić information content (AvgIpc) is 2.71. The van der Waals surface area contributed by atoms with Gasteiger partial charge in [0.15, 0.2) is 6.54 Å². The summed E-state index contributed by atoms with van der Waals surface area (Å²) >= 11 is 0. The zero-order valence-electron chi connectivity index (χ0n) is 16.0. The summed E-state index contributed by atoms with van der Waals surface area (Å²) in [5.41, 5.74) is 2.35. The third-order valence-electron chi connectivity index (χ3n) is 5.03. The molecule has 0 bridgehead atoms. The minimum absolute atomic E-state index is 0.0524. The molecule has 1 saturated heterocycles. The second kappa shape index (κ2) is 9.43. The van der Waals surface area contributed by atoms with E-state index in [0.717, 1.165) is 32.7 Å². The molecule has 0 atom stereocenters. The second-order valence-corrected chi connectivity index (χ2v) is 7.10. The number of benzene rings is 2. The molecule has 0 aromatic heterocycles. The molecule has 148 valence electrons. The van der Waals surface area contributed by atoms with Crippen LogP contribution in [0.3, 0.4) is 0 Å². The molecule has 1 amide bonds. The number of anilines is 1. The zero-order valence-corrected chi connectivity index (χ0v) is 16.0. The van der Waals surface area contributed by atoms with Crippen LogP contribution in [0.25, 0.3) is 0 Å². The number of amides is 1. The van der Waals surface area contributed by atoms with Gasteiger partial charge in [0.1, 0.15) is 38.5 Å². The number of rotatable bonds is 6. The molecule has 2 aromatic carbocycles. The molecule has 0 radical (unpaired) electrons. The fraction of sp³-hybridized carbons (Fsp3) is 0.333. The van der Waals surface area contributed by atoms with E-state index in [1.54, 1.807) is 24.3 Å². The molecule has 6 nitrogen and oxygen atoms in total. The van der Waals surface area contributed by atoms with Crippen LogP contribution in [0.5, 0.6) is 0 Å². The Hall–Kier alpha value is -2.77. The number of esters is 1. The molecule has 0 unspecified atom stereocenters. The number of piperazine rings is 1. The summed E-state index contributed by atoms with van der Waals surface area (Å²) in [6, 6.07) is 13.3. The lowest BCUT2D eigenvalue weighted by atomic mass is 10.1. The first-order chi connectivity index (χ1) is 13.5. The van der Waals surface area contributed by atoms with Gasteiger partial charge in [-0.2, -0.15) is 0 Å². The Morgan fingerprint density at radius 2 is 1.57 bits per heavy atom. The third kappa shape index (κ3) is 5.61. The van der Waals surface area contributed by atoms with Crippen LogP contribution in [0.1, 0.15) is 15.9 Å². The lowest BCUT2D eigenvalue weighted by Crippen LogP contribution is -3.28. The molecule has 28 heavy (non-hydrogen) atoms. The molecule has 0 saturated carbocycles. The SMILES string of the molecule is COC(=O)c1ccc(C[NH+]2CC[NH+](CC(=O)Nc3ccc(F)cc3)CC2)cc1. The minimum atomic E-state index is -0.324. The van der Waals surface area contributed by atoms with Gasteiger partial charge in [-0.25, -0.2) is 9.18 Å². The average molecular weight is 387 g/mol. The van der Waals surface area contributed by atoms with Crippen molar-refractivity contribution < 1.29 is 28.5 Å². The first kappa shape index (κ1) is 20.0. The van der Waals surface area contributed by atoms with Gasteiger partial charge in [-0.1, -0.05) is 12.1 Å². The van der Waals surface area contributed by atoms with Crippen molar-refractivity contribution in [3.05, 3.63) is 65.5 Å². The topological polar surface area (TPSA) is 64.3 Å². The van der Waals surface area contributed by atoms with Crippen LogP contribution in [-0.2, 0) is 16.1 Å². The molecule has 0 aliphatic carbocycles. The van der Waals surface area contributed by atoms with E-state index in [1.165, 1.54) is 34.6 Å². The maximum absolute atomic E-state index is 12.9. The highest BCUT2D eigenvalue weighted by Crippen LogP contribution is 2.07. The maximum atomic E-state index is 12.9. The lowest BCUT2D eigenvalue weighted by molar-refractivity contribution is -1.02. The van der Waals surface area contributed by atoms with Crippen molar-refractivity contribution >= 4 is 17.6 Å². The summed E-state index contributed by atoms with van der Waals surface area (Å²) in [6.07, 6.45) is 0. The fourth-order valence-corrected chi connectivity index (χ4v) is 3.44. The molecule has 2 aromatic rings. The molecular weight excluding hydrogens is 361 g/mol. The number of hydrogen-bond acceptors (Lipinski definition) is 3. The molecule has 1 fully saturated rings. The van der Waals surface area contributed by atoms with Crippen molar-refractivity contribution in [3.63, 3.8) is 0 Å². The summed E-state index contributed by atoms with van der Waals surface area (Å²) in [7, 11) is 1.38. The number of carbonyl (C=O) groups is 2. The molecule has 0 spiro atoms. The monoisotopic (exact) mass is 387 g/mol. The molecule has 7 heteroatoms. The van der Waals surface area contributed by atoms with Gasteiger partial charge in [-0.05, 0) is 36.4 Å². The number of quaternary nitrogens is 2. The maximum Gasteiger partial charge on any atom is 0.337 e.